The lowest BCUT2D eigenvalue weighted by Gasteiger charge is -2.41. The maximum atomic E-state index is 13.1. The molecule has 1 aromatic carbocycles. The molecule has 32 heavy (non-hydrogen) atoms. The minimum Gasteiger partial charge on any atom is -0.466 e. The highest BCUT2D eigenvalue weighted by atomic mass is 35.5. The molecule has 1 saturated heterocycles. The van der Waals surface area contributed by atoms with Gasteiger partial charge in [0, 0.05) is 6.04 Å². The summed E-state index contributed by atoms with van der Waals surface area (Å²) in [5, 5.41) is 1.01. The van der Waals surface area contributed by atoms with Crippen molar-refractivity contribution in [3.05, 3.63) is 39.4 Å². The lowest BCUT2D eigenvalue weighted by Crippen LogP contribution is -2.46. The van der Waals surface area contributed by atoms with Crippen LogP contribution in [0.2, 0.25) is 10.0 Å². The molecule has 2 saturated carbocycles. The molecule has 0 amide bonds. The van der Waals surface area contributed by atoms with Gasteiger partial charge in [-0.1, -0.05) is 50.0 Å². The molecule has 2 aliphatic carbocycles. The van der Waals surface area contributed by atoms with Crippen LogP contribution in [0, 0.1) is 16.7 Å². The first-order valence-corrected chi connectivity index (χ1v) is 12.5. The zero-order valence-electron chi connectivity index (χ0n) is 19.6. The third kappa shape index (κ3) is 3.13. The molecule has 4 bridgehead atoms. The first kappa shape index (κ1) is 22.7. The van der Waals surface area contributed by atoms with Gasteiger partial charge in [-0.05, 0) is 79.2 Å². The molecule has 174 valence electrons. The Hall–Kier alpha value is -1.07. The Morgan fingerprint density at radius 2 is 1.91 bits per heavy atom. The number of rotatable bonds is 4. The van der Waals surface area contributed by atoms with Crippen molar-refractivity contribution in [3.63, 3.8) is 0 Å². The molecule has 4 unspecified atom stereocenters. The number of ether oxygens (including phenoxy) is 2. The van der Waals surface area contributed by atoms with Gasteiger partial charge in [0.2, 0.25) is 0 Å². The normalized spacial score (nSPS) is 37.9. The molecule has 6 heteroatoms. The van der Waals surface area contributed by atoms with E-state index < -0.39 is 0 Å². The van der Waals surface area contributed by atoms with E-state index in [0.29, 0.717) is 27.1 Å². The van der Waals surface area contributed by atoms with Crippen molar-refractivity contribution in [1.29, 1.82) is 0 Å². The van der Waals surface area contributed by atoms with Gasteiger partial charge < -0.3 is 9.47 Å². The minimum atomic E-state index is -0.281. The van der Waals surface area contributed by atoms with E-state index in [0.717, 1.165) is 36.3 Å². The van der Waals surface area contributed by atoms with Gasteiger partial charge in [-0.2, -0.15) is 0 Å². The average Bonchev–Trinajstić information content (AvgIpc) is 3.17. The molecule has 0 spiro atoms. The van der Waals surface area contributed by atoms with Gasteiger partial charge in [0.1, 0.15) is 0 Å². The number of fused-ring (bicyclic) bond motifs is 4. The van der Waals surface area contributed by atoms with Crippen LogP contribution >= 0.6 is 23.2 Å². The summed E-state index contributed by atoms with van der Waals surface area (Å²) in [5.41, 5.74) is 3.14. The van der Waals surface area contributed by atoms with Crippen LogP contribution in [-0.2, 0) is 14.3 Å². The monoisotopic (exact) mass is 477 g/mol. The quantitative estimate of drug-likeness (QED) is 0.498. The van der Waals surface area contributed by atoms with Crippen LogP contribution in [0.1, 0.15) is 58.4 Å². The lowest BCUT2D eigenvalue weighted by molar-refractivity contribution is -0.138. The Labute approximate surface area is 201 Å². The molecule has 0 aromatic heterocycles. The summed E-state index contributed by atoms with van der Waals surface area (Å²) in [4.78, 5) is 15.4. The van der Waals surface area contributed by atoms with Crippen LogP contribution in [0.3, 0.4) is 0 Å². The number of esters is 1. The van der Waals surface area contributed by atoms with Crippen LogP contribution < -0.4 is 0 Å². The molecule has 4 nitrogen and oxygen atoms in total. The van der Waals surface area contributed by atoms with E-state index in [9.17, 15) is 4.79 Å². The molecule has 3 fully saturated rings. The van der Waals surface area contributed by atoms with Crippen molar-refractivity contribution in [3.8, 4) is 0 Å². The molecule has 0 N–H and O–H groups in total. The summed E-state index contributed by atoms with van der Waals surface area (Å²) < 4.78 is 12.2. The Bertz CT molecular complexity index is 989. The second kappa shape index (κ2) is 7.73. The topological polar surface area (TPSA) is 38.8 Å². The number of likely N-dealkylation sites (N-methyl/N-ethyl adjacent to an activating group) is 1. The van der Waals surface area contributed by atoms with Crippen LogP contribution in [-0.4, -0.2) is 49.3 Å². The predicted molar refractivity (Wildman–Crippen MR) is 128 cm³/mol. The average molecular weight is 478 g/mol. The van der Waals surface area contributed by atoms with E-state index in [2.05, 4.69) is 32.7 Å². The van der Waals surface area contributed by atoms with Crippen LogP contribution in [0.25, 0.3) is 5.57 Å². The van der Waals surface area contributed by atoms with Gasteiger partial charge in [-0.15, -0.1) is 0 Å². The Morgan fingerprint density at radius 3 is 2.50 bits per heavy atom. The fourth-order valence-corrected chi connectivity index (χ4v) is 7.48. The predicted octanol–water partition coefficient (Wildman–Crippen LogP) is 6.00. The van der Waals surface area contributed by atoms with Gasteiger partial charge in [-0.25, -0.2) is 4.79 Å². The third-order valence-corrected chi connectivity index (χ3v) is 10.4. The standard InChI is InChI=1S/C26H33Cl2NO3/c1-25(2)15-8-9-26(25,3)21(11-15)32-20-13-16-12-17(14-6-7-18(27)19(28)10-14)22(24(30)31-5)23(20)29(16)4/h6-7,10,15-16,20-21,23H,8-9,11-13H2,1-5H3/t15?,16?,20-,21?,23-,26?/m1/s1. The number of hydrogen-bond donors (Lipinski definition) is 0. The molecular formula is C26H33Cl2NO3. The SMILES string of the molecule is COC(=O)C1=C(c2ccc(Cl)c(Cl)c2)CC2C[C@@H](OC3CC4CCC3(C)C4(C)C)[C@H]1N2C. The van der Waals surface area contributed by atoms with Crippen molar-refractivity contribution in [2.75, 3.05) is 14.2 Å². The van der Waals surface area contributed by atoms with Gasteiger partial charge in [0.05, 0.1) is 41.0 Å². The van der Waals surface area contributed by atoms with Crippen molar-refractivity contribution >= 4 is 34.7 Å². The van der Waals surface area contributed by atoms with E-state index in [1.807, 2.05) is 12.1 Å². The van der Waals surface area contributed by atoms with Gasteiger partial charge in [0.15, 0.2) is 0 Å². The fourth-order valence-electron chi connectivity index (χ4n) is 7.18. The number of halogens is 2. The van der Waals surface area contributed by atoms with Crippen molar-refractivity contribution in [1.82, 2.24) is 4.90 Å². The highest BCUT2D eigenvalue weighted by molar-refractivity contribution is 6.42. The Balaban J connectivity index is 1.51. The molecule has 4 aliphatic rings. The molecule has 1 aromatic rings. The van der Waals surface area contributed by atoms with E-state index in [4.69, 9.17) is 32.7 Å². The second-order valence-corrected chi connectivity index (χ2v) is 11.8. The number of methoxy groups -OCH3 is 1. The summed E-state index contributed by atoms with van der Waals surface area (Å²) in [5.74, 6) is 0.440. The van der Waals surface area contributed by atoms with Crippen molar-refractivity contribution in [2.45, 2.75) is 77.2 Å². The summed E-state index contributed by atoms with van der Waals surface area (Å²) in [6, 6.07) is 5.82. The zero-order valence-corrected chi connectivity index (χ0v) is 21.1. The molecular weight excluding hydrogens is 445 g/mol. The highest BCUT2D eigenvalue weighted by Crippen LogP contribution is 2.66. The van der Waals surface area contributed by atoms with E-state index in [-0.39, 0.29) is 29.6 Å². The Kier molecular flexibility index (Phi) is 5.48. The van der Waals surface area contributed by atoms with Gasteiger partial charge in [-0.3, -0.25) is 4.90 Å². The maximum Gasteiger partial charge on any atom is 0.335 e. The maximum absolute atomic E-state index is 13.1. The van der Waals surface area contributed by atoms with Crippen molar-refractivity contribution < 1.29 is 14.3 Å². The summed E-state index contributed by atoms with van der Waals surface area (Å²) in [7, 11) is 3.57. The summed E-state index contributed by atoms with van der Waals surface area (Å²) >= 11 is 12.5. The molecule has 5 rings (SSSR count). The lowest BCUT2D eigenvalue weighted by atomic mass is 9.70. The van der Waals surface area contributed by atoms with Crippen molar-refractivity contribution in [2.24, 2.45) is 16.7 Å². The van der Waals surface area contributed by atoms with E-state index in [1.165, 1.54) is 20.0 Å². The Morgan fingerprint density at radius 1 is 1.16 bits per heavy atom. The molecule has 6 atom stereocenters. The largest absolute Gasteiger partial charge is 0.466 e. The summed E-state index contributed by atoms with van der Waals surface area (Å²) in [6.07, 6.45) is 5.56. The van der Waals surface area contributed by atoms with E-state index in [1.54, 1.807) is 6.07 Å². The highest BCUT2D eigenvalue weighted by Gasteiger charge is 2.63. The number of carbonyl (C=O) groups is 1. The first-order valence-electron chi connectivity index (χ1n) is 11.7. The van der Waals surface area contributed by atoms with Gasteiger partial charge in [0.25, 0.3) is 0 Å². The number of benzene rings is 1. The number of nitrogens with zero attached hydrogens (tertiary/aromatic N) is 1. The molecule has 0 radical (unpaired) electrons. The number of carbonyl (C=O) groups excluding carboxylic acids is 1. The zero-order chi connectivity index (χ0) is 23.0. The van der Waals surface area contributed by atoms with Crippen LogP contribution in [0.15, 0.2) is 23.8 Å². The molecule has 2 heterocycles. The van der Waals surface area contributed by atoms with Crippen LogP contribution in [0.4, 0.5) is 0 Å². The number of hydrogen-bond acceptors (Lipinski definition) is 4. The summed E-state index contributed by atoms with van der Waals surface area (Å²) in [6.45, 7) is 7.23. The van der Waals surface area contributed by atoms with E-state index >= 15 is 0 Å². The molecule has 2 aliphatic heterocycles. The second-order valence-electron chi connectivity index (χ2n) is 11.0. The third-order valence-electron chi connectivity index (χ3n) is 9.66. The fraction of sp³-hybridized carbons (Fsp3) is 0.654. The van der Waals surface area contributed by atoms with Crippen LogP contribution in [0.5, 0.6) is 0 Å². The minimum absolute atomic E-state index is 0.0173. The first-order chi connectivity index (χ1) is 15.1. The van der Waals surface area contributed by atoms with Gasteiger partial charge >= 0.3 is 5.97 Å². The smallest absolute Gasteiger partial charge is 0.335 e.